The smallest absolute Gasteiger partial charge is 0.329 e. The van der Waals surface area contributed by atoms with Gasteiger partial charge in [0.05, 0.1) is 0 Å². The largest absolute Gasteiger partial charge is 0.480 e. The van der Waals surface area contributed by atoms with Crippen molar-refractivity contribution in [2.45, 2.75) is 43.7 Å². The first-order valence-electron chi connectivity index (χ1n) is 7.15. The minimum Gasteiger partial charge on any atom is -0.480 e. The fourth-order valence-electron chi connectivity index (χ4n) is 3.19. The Balaban J connectivity index is 1.61. The molecule has 2 N–H and O–H groups in total. The lowest BCUT2D eigenvalue weighted by Crippen LogP contribution is -2.51. The Bertz CT molecular complexity index is 395. The summed E-state index contributed by atoms with van der Waals surface area (Å²) in [5.74, 6) is -0.904. The third-order valence-electron chi connectivity index (χ3n) is 4.60. The van der Waals surface area contributed by atoms with Gasteiger partial charge in [0, 0.05) is 25.7 Å². The van der Waals surface area contributed by atoms with E-state index < -0.39 is 11.5 Å². The predicted octanol–water partition coefficient (Wildman–Crippen LogP) is 0.483. The van der Waals surface area contributed by atoms with Gasteiger partial charge in [-0.1, -0.05) is 0 Å². The highest BCUT2D eigenvalue weighted by Crippen LogP contribution is 2.35. The van der Waals surface area contributed by atoms with Gasteiger partial charge in [-0.2, -0.15) is 0 Å². The number of amides is 2. The Morgan fingerprint density at radius 1 is 1.16 bits per heavy atom. The van der Waals surface area contributed by atoms with Crippen LogP contribution in [0.2, 0.25) is 0 Å². The molecule has 1 atom stereocenters. The van der Waals surface area contributed by atoms with Crippen LogP contribution in [0.15, 0.2) is 0 Å². The Morgan fingerprint density at radius 2 is 1.89 bits per heavy atom. The fourth-order valence-corrected chi connectivity index (χ4v) is 3.19. The van der Waals surface area contributed by atoms with Crippen molar-refractivity contribution < 1.29 is 14.7 Å². The van der Waals surface area contributed by atoms with Gasteiger partial charge >= 0.3 is 12.0 Å². The molecular formula is C13H21N3O3. The van der Waals surface area contributed by atoms with Gasteiger partial charge in [0.1, 0.15) is 5.54 Å². The van der Waals surface area contributed by atoms with Crippen molar-refractivity contribution in [1.29, 1.82) is 0 Å². The van der Waals surface area contributed by atoms with Crippen LogP contribution in [-0.4, -0.2) is 64.7 Å². The number of nitrogens with zero attached hydrogens (tertiary/aromatic N) is 2. The molecule has 2 amide bonds. The summed E-state index contributed by atoms with van der Waals surface area (Å²) < 4.78 is 0. The van der Waals surface area contributed by atoms with Crippen LogP contribution in [0.3, 0.4) is 0 Å². The van der Waals surface area contributed by atoms with Crippen LogP contribution in [0.1, 0.15) is 32.1 Å². The summed E-state index contributed by atoms with van der Waals surface area (Å²) in [5, 5.41) is 11.8. The molecule has 1 saturated carbocycles. The molecule has 0 aromatic heterocycles. The number of aliphatic carboxylic acids is 1. The van der Waals surface area contributed by atoms with E-state index in [0.29, 0.717) is 18.9 Å². The number of carboxylic acid groups (broad SMARTS) is 1. The van der Waals surface area contributed by atoms with Crippen LogP contribution in [0.4, 0.5) is 4.79 Å². The van der Waals surface area contributed by atoms with E-state index in [1.165, 1.54) is 6.42 Å². The molecule has 3 rings (SSSR count). The lowest BCUT2D eigenvalue weighted by molar-refractivity contribution is -0.140. The molecule has 2 aliphatic heterocycles. The fraction of sp³-hybridized carbons (Fsp3) is 0.846. The zero-order valence-corrected chi connectivity index (χ0v) is 11.1. The summed E-state index contributed by atoms with van der Waals surface area (Å²) >= 11 is 0. The maximum atomic E-state index is 12.2. The van der Waals surface area contributed by atoms with Crippen molar-refractivity contribution in [3.05, 3.63) is 0 Å². The van der Waals surface area contributed by atoms with Gasteiger partial charge in [0.25, 0.3) is 0 Å². The predicted molar refractivity (Wildman–Crippen MR) is 68.9 cm³/mol. The summed E-state index contributed by atoms with van der Waals surface area (Å²) in [6.07, 6.45) is 4.44. The molecule has 0 aromatic rings. The lowest BCUT2D eigenvalue weighted by Gasteiger charge is -2.27. The molecule has 0 bridgehead atoms. The van der Waals surface area contributed by atoms with Crippen molar-refractivity contribution in [2.24, 2.45) is 0 Å². The number of nitrogens with one attached hydrogen (secondary N) is 1. The standard InChI is InChI=1S/C13H21N3O3/c17-11(18)13(4-5-13)14-12(19)16-8-2-7-15-6-1-3-10(15)9-16/h10H,1-9H2,(H,14,19)(H,17,18). The highest BCUT2D eigenvalue weighted by molar-refractivity contribution is 5.89. The molecular weight excluding hydrogens is 246 g/mol. The van der Waals surface area contributed by atoms with Gasteiger partial charge in [0.15, 0.2) is 0 Å². The highest BCUT2D eigenvalue weighted by Gasteiger charge is 2.52. The van der Waals surface area contributed by atoms with E-state index in [2.05, 4.69) is 10.2 Å². The Labute approximate surface area is 112 Å². The number of fused-ring (bicyclic) bond motifs is 1. The average Bonchev–Trinajstić information content (AvgIpc) is 3.08. The van der Waals surface area contributed by atoms with Gasteiger partial charge < -0.3 is 15.3 Å². The molecule has 0 spiro atoms. The lowest BCUT2D eigenvalue weighted by atomic mass is 10.2. The Morgan fingerprint density at radius 3 is 2.58 bits per heavy atom. The second-order valence-electron chi connectivity index (χ2n) is 5.95. The van der Waals surface area contributed by atoms with Gasteiger partial charge in [-0.05, 0) is 38.6 Å². The second-order valence-corrected chi connectivity index (χ2v) is 5.95. The highest BCUT2D eigenvalue weighted by atomic mass is 16.4. The first kappa shape index (κ1) is 12.7. The summed E-state index contributed by atoms with van der Waals surface area (Å²) in [6.45, 7) is 3.66. The van der Waals surface area contributed by atoms with E-state index in [0.717, 1.165) is 39.0 Å². The molecule has 3 aliphatic rings. The van der Waals surface area contributed by atoms with Gasteiger partial charge in [-0.3, -0.25) is 4.90 Å². The SMILES string of the molecule is O=C(NC1(C(=O)O)CC1)N1CCCN2CCCC2C1. The number of rotatable bonds is 2. The van der Waals surface area contributed by atoms with Crippen LogP contribution in [-0.2, 0) is 4.79 Å². The van der Waals surface area contributed by atoms with Crippen molar-refractivity contribution in [3.8, 4) is 0 Å². The van der Waals surface area contributed by atoms with E-state index in [1.807, 2.05) is 0 Å². The molecule has 2 saturated heterocycles. The van der Waals surface area contributed by atoms with E-state index >= 15 is 0 Å². The first-order chi connectivity index (χ1) is 9.11. The number of carbonyl (C=O) groups is 2. The third-order valence-corrected chi connectivity index (χ3v) is 4.60. The number of hydrogen-bond acceptors (Lipinski definition) is 3. The van der Waals surface area contributed by atoms with Crippen molar-refractivity contribution in [2.75, 3.05) is 26.2 Å². The van der Waals surface area contributed by atoms with Crippen molar-refractivity contribution in [3.63, 3.8) is 0 Å². The Kier molecular flexibility index (Phi) is 3.12. The Hall–Kier alpha value is -1.30. The normalized spacial score (nSPS) is 29.5. The zero-order chi connectivity index (χ0) is 13.5. The summed E-state index contributed by atoms with van der Waals surface area (Å²) in [4.78, 5) is 27.6. The first-order valence-corrected chi connectivity index (χ1v) is 7.15. The molecule has 0 aromatic carbocycles. The van der Waals surface area contributed by atoms with E-state index in [4.69, 9.17) is 5.11 Å². The molecule has 6 heteroatoms. The zero-order valence-electron chi connectivity index (χ0n) is 11.1. The molecule has 3 fully saturated rings. The summed E-state index contributed by atoms with van der Waals surface area (Å²) in [6, 6.07) is 0.266. The van der Waals surface area contributed by atoms with Crippen LogP contribution < -0.4 is 5.32 Å². The number of hydrogen-bond donors (Lipinski definition) is 2. The van der Waals surface area contributed by atoms with Crippen LogP contribution in [0.5, 0.6) is 0 Å². The summed E-state index contributed by atoms with van der Waals surface area (Å²) in [5.41, 5.74) is -0.973. The van der Waals surface area contributed by atoms with Gasteiger partial charge in [-0.15, -0.1) is 0 Å². The van der Waals surface area contributed by atoms with Crippen molar-refractivity contribution in [1.82, 2.24) is 15.1 Å². The number of carboxylic acids is 1. The third kappa shape index (κ3) is 2.41. The van der Waals surface area contributed by atoms with Crippen LogP contribution >= 0.6 is 0 Å². The molecule has 0 radical (unpaired) electrons. The number of carbonyl (C=O) groups excluding carboxylic acids is 1. The molecule has 1 aliphatic carbocycles. The molecule has 1 unspecified atom stereocenters. The van der Waals surface area contributed by atoms with E-state index in [1.54, 1.807) is 4.90 Å². The minimum atomic E-state index is -0.973. The molecule has 106 valence electrons. The van der Waals surface area contributed by atoms with E-state index in [-0.39, 0.29) is 6.03 Å². The quantitative estimate of drug-likeness (QED) is 0.763. The monoisotopic (exact) mass is 267 g/mol. The van der Waals surface area contributed by atoms with Gasteiger partial charge in [0.2, 0.25) is 0 Å². The maximum absolute atomic E-state index is 12.2. The molecule has 6 nitrogen and oxygen atoms in total. The maximum Gasteiger partial charge on any atom is 0.329 e. The average molecular weight is 267 g/mol. The van der Waals surface area contributed by atoms with Crippen LogP contribution in [0.25, 0.3) is 0 Å². The van der Waals surface area contributed by atoms with E-state index in [9.17, 15) is 9.59 Å². The molecule has 19 heavy (non-hydrogen) atoms. The van der Waals surface area contributed by atoms with Crippen LogP contribution in [0, 0.1) is 0 Å². The topological polar surface area (TPSA) is 72.9 Å². The second kappa shape index (κ2) is 4.67. The minimum absolute atomic E-state index is 0.200. The van der Waals surface area contributed by atoms with Crippen molar-refractivity contribution >= 4 is 12.0 Å². The van der Waals surface area contributed by atoms with Gasteiger partial charge in [-0.25, -0.2) is 9.59 Å². The number of urea groups is 1. The summed E-state index contributed by atoms with van der Waals surface area (Å²) in [7, 11) is 0. The molecule has 2 heterocycles.